The minimum Gasteiger partial charge on any atom is -0.467 e. The number of esters is 1. The second-order valence-corrected chi connectivity index (χ2v) is 4.79. The highest BCUT2D eigenvalue weighted by atomic mass is 16.6. The minimum absolute atomic E-state index is 0.0548. The summed E-state index contributed by atoms with van der Waals surface area (Å²) in [6.07, 6.45) is 0. The normalized spacial score (nSPS) is 11.0. The van der Waals surface area contributed by atoms with Crippen LogP contribution in [0.2, 0.25) is 0 Å². The van der Waals surface area contributed by atoms with Crippen LogP contribution >= 0.6 is 0 Å². The highest BCUT2D eigenvalue weighted by Crippen LogP contribution is 1.85. The smallest absolute Gasteiger partial charge is 0.331 e. The Kier molecular flexibility index (Phi) is 20.5. The Bertz CT molecular complexity index is 281. The molecule has 0 aliphatic carbocycles. The molecule has 0 saturated heterocycles. The van der Waals surface area contributed by atoms with Gasteiger partial charge in [-0.15, -0.1) is 0 Å². The maximum Gasteiger partial charge on any atom is 0.331 e. The van der Waals surface area contributed by atoms with Gasteiger partial charge in [-0.2, -0.15) is 0 Å². The Morgan fingerprint density at radius 2 is 1.00 bits per heavy atom. The van der Waals surface area contributed by atoms with E-state index in [9.17, 15) is 4.79 Å². The first-order valence-electron chi connectivity index (χ1n) is 8.49. The van der Waals surface area contributed by atoms with E-state index in [1.54, 1.807) is 0 Å². The van der Waals surface area contributed by atoms with E-state index < -0.39 is 5.97 Å². The van der Waals surface area contributed by atoms with Gasteiger partial charge < -0.3 is 38.5 Å². The molecule has 0 spiro atoms. The van der Waals surface area contributed by atoms with Gasteiger partial charge >= 0.3 is 5.97 Å². The second kappa shape index (κ2) is 21.2. The molecule has 0 aromatic carbocycles. The lowest BCUT2D eigenvalue weighted by atomic mass is 10.6. The summed E-state index contributed by atoms with van der Waals surface area (Å²) in [6, 6.07) is 0. The summed E-state index contributed by atoms with van der Waals surface area (Å²) in [7, 11) is 3.21. The molecule has 9 heteroatoms. The summed E-state index contributed by atoms with van der Waals surface area (Å²) in [5.41, 5.74) is 0. The van der Waals surface area contributed by atoms with Crippen LogP contribution in [0.25, 0.3) is 0 Å². The van der Waals surface area contributed by atoms with Crippen molar-refractivity contribution in [2.24, 2.45) is 0 Å². The quantitative estimate of drug-likeness (QED) is 0.225. The van der Waals surface area contributed by atoms with Gasteiger partial charge in [-0.3, -0.25) is 0 Å². The third-order valence-corrected chi connectivity index (χ3v) is 2.80. The molecule has 150 valence electrons. The number of likely N-dealkylation sites (N-methyl/N-ethyl adjacent to an activating group) is 1. The zero-order valence-electron chi connectivity index (χ0n) is 15.5. The highest BCUT2D eigenvalue weighted by Gasteiger charge is 1.98. The molecule has 9 nitrogen and oxygen atoms in total. The molecule has 0 rings (SSSR count). The number of ether oxygens (including phenoxy) is 7. The predicted octanol–water partition coefficient (Wildman–Crippen LogP) is -0.522. The molecular weight excluding hydrogens is 334 g/mol. The molecule has 0 aromatic rings. The summed E-state index contributed by atoms with van der Waals surface area (Å²) >= 11 is 0. The van der Waals surface area contributed by atoms with Crippen molar-refractivity contribution in [2.75, 3.05) is 100.0 Å². The van der Waals surface area contributed by atoms with E-state index in [1.165, 1.54) is 7.11 Å². The van der Waals surface area contributed by atoms with Gasteiger partial charge in [0.25, 0.3) is 0 Å². The molecule has 0 aromatic heterocycles. The van der Waals surface area contributed by atoms with Crippen molar-refractivity contribution >= 4 is 5.97 Å². The van der Waals surface area contributed by atoms with Crippen molar-refractivity contribution in [3.63, 3.8) is 0 Å². The molecule has 0 radical (unpaired) electrons. The third-order valence-electron chi connectivity index (χ3n) is 2.80. The van der Waals surface area contributed by atoms with Crippen LogP contribution in [-0.4, -0.2) is 106 Å². The lowest BCUT2D eigenvalue weighted by Crippen LogP contribution is -2.17. The van der Waals surface area contributed by atoms with Crippen molar-refractivity contribution < 1.29 is 38.0 Å². The van der Waals surface area contributed by atoms with E-state index in [-0.39, 0.29) is 6.61 Å². The fourth-order valence-electron chi connectivity index (χ4n) is 1.49. The first-order valence-corrected chi connectivity index (χ1v) is 8.49. The average molecular weight is 367 g/mol. The van der Waals surface area contributed by atoms with E-state index in [0.717, 1.165) is 6.54 Å². The Morgan fingerprint density at radius 1 is 0.640 bits per heavy atom. The summed E-state index contributed by atoms with van der Waals surface area (Å²) in [5, 5.41) is 3.00. The molecule has 0 heterocycles. The zero-order valence-corrected chi connectivity index (χ0v) is 15.5. The fourth-order valence-corrected chi connectivity index (χ4v) is 1.49. The molecule has 0 unspecified atom stereocenters. The number of carbonyl (C=O) groups excluding carboxylic acids is 1. The van der Waals surface area contributed by atoms with Gasteiger partial charge in [-0.1, -0.05) is 0 Å². The van der Waals surface area contributed by atoms with Gasteiger partial charge in [0, 0.05) is 6.54 Å². The molecule has 0 aliphatic heterocycles. The molecule has 0 saturated carbocycles. The monoisotopic (exact) mass is 367 g/mol. The van der Waals surface area contributed by atoms with Gasteiger partial charge in [0.15, 0.2) is 0 Å². The minimum atomic E-state index is -0.397. The fraction of sp³-hybridized carbons (Fsp3) is 0.938. The Hall–Kier alpha value is -0.810. The van der Waals surface area contributed by atoms with Crippen molar-refractivity contribution in [3.05, 3.63) is 0 Å². The Labute approximate surface area is 150 Å². The number of hydrogen-bond acceptors (Lipinski definition) is 9. The van der Waals surface area contributed by atoms with Crippen molar-refractivity contribution in [3.8, 4) is 0 Å². The third kappa shape index (κ3) is 21.1. The maximum absolute atomic E-state index is 10.8. The lowest BCUT2D eigenvalue weighted by Gasteiger charge is -2.08. The van der Waals surface area contributed by atoms with Crippen LogP contribution < -0.4 is 5.32 Å². The lowest BCUT2D eigenvalue weighted by molar-refractivity contribution is -0.146. The number of methoxy groups -OCH3 is 1. The van der Waals surface area contributed by atoms with Gasteiger partial charge in [0.2, 0.25) is 0 Å². The highest BCUT2D eigenvalue weighted by molar-refractivity contribution is 5.70. The molecule has 0 amide bonds. The van der Waals surface area contributed by atoms with Gasteiger partial charge in [0.1, 0.15) is 6.61 Å². The molecule has 0 atom stereocenters. The largest absolute Gasteiger partial charge is 0.467 e. The SMILES string of the molecule is CNCCOCCOCCOCCOCCOCCOCC(=O)OC. The van der Waals surface area contributed by atoms with Crippen LogP contribution in [-0.2, 0) is 38.0 Å². The van der Waals surface area contributed by atoms with Crippen LogP contribution in [0, 0.1) is 0 Å². The average Bonchev–Trinajstić information content (AvgIpc) is 2.63. The van der Waals surface area contributed by atoms with E-state index in [1.807, 2.05) is 7.05 Å². The number of carbonyl (C=O) groups is 1. The first-order chi connectivity index (χ1) is 12.3. The first kappa shape index (κ1) is 24.2. The Morgan fingerprint density at radius 3 is 1.36 bits per heavy atom. The van der Waals surface area contributed by atoms with Crippen LogP contribution in [0.3, 0.4) is 0 Å². The van der Waals surface area contributed by atoms with E-state index in [2.05, 4.69) is 10.1 Å². The molecule has 25 heavy (non-hydrogen) atoms. The molecule has 0 fully saturated rings. The van der Waals surface area contributed by atoms with Crippen molar-refractivity contribution in [1.29, 1.82) is 0 Å². The van der Waals surface area contributed by atoms with Crippen LogP contribution in [0.1, 0.15) is 0 Å². The van der Waals surface area contributed by atoms with Gasteiger partial charge in [-0.25, -0.2) is 4.79 Å². The van der Waals surface area contributed by atoms with Crippen molar-refractivity contribution in [2.45, 2.75) is 0 Å². The Balaban J connectivity index is 2.99. The predicted molar refractivity (Wildman–Crippen MR) is 90.9 cm³/mol. The molecule has 1 N–H and O–H groups in total. The summed E-state index contributed by atoms with van der Waals surface area (Å²) in [4.78, 5) is 10.8. The standard InChI is InChI=1S/C16H33NO8/c1-17-3-4-20-5-6-21-7-8-22-9-10-23-11-12-24-13-14-25-15-16(18)19-2/h17H,3-15H2,1-2H3. The van der Waals surface area contributed by atoms with Gasteiger partial charge in [0.05, 0.1) is 79.8 Å². The van der Waals surface area contributed by atoms with Crippen molar-refractivity contribution in [1.82, 2.24) is 5.32 Å². The number of nitrogens with one attached hydrogen (secondary N) is 1. The summed E-state index contributed by atoms with van der Waals surface area (Å²) < 4.78 is 36.1. The number of hydrogen-bond donors (Lipinski definition) is 1. The summed E-state index contributed by atoms with van der Waals surface area (Å²) in [5.74, 6) is -0.397. The van der Waals surface area contributed by atoms with Crippen LogP contribution in [0.4, 0.5) is 0 Å². The maximum atomic E-state index is 10.8. The van der Waals surface area contributed by atoms with E-state index >= 15 is 0 Å². The van der Waals surface area contributed by atoms with E-state index in [4.69, 9.17) is 28.4 Å². The second-order valence-electron chi connectivity index (χ2n) is 4.79. The van der Waals surface area contributed by atoms with Crippen LogP contribution in [0.5, 0.6) is 0 Å². The van der Waals surface area contributed by atoms with Gasteiger partial charge in [-0.05, 0) is 7.05 Å². The zero-order chi connectivity index (χ0) is 18.4. The molecule has 0 aliphatic rings. The van der Waals surface area contributed by atoms with E-state index in [0.29, 0.717) is 72.7 Å². The molecule has 0 bridgehead atoms. The molecular formula is C16H33NO8. The van der Waals surface area contributed by atoms with Crippen LogP contribution in [0.15, 0.2) is 0 Å². The summed E-state index contributed by atoms with van der Waals surface area (Å²) in [6.45, 7) is 6.47. The topological polar surface area (TPSA) is 93.7 Å². The number of rotatable bonds is 20.